The summed E-state index contributed by atoms with van der Waals surface area (Å²) in [7, 11) is 1.77. The monoisotopic (exact) mass is 284 g/mol. The van der Waals surface area contributed by atoms with Gasteiger partial charge >= 0.3 is 0 Å². The number of halogens is 2. The standard InChI is InChI=1S/C17H14F2N2/c1-20-17(12-7-13(18)9-14(19)8-12)16-4-2-3-11-10-21-6-5-15(11)16/h2-10,17,20H,1H3. The topological polar surface area (TPSA) is 24.9 Å². The van der Waals surface area contributed by atoms with Gasteiger partial charge in [0.05, 0.1) is 6.04 Å². The van der Waals surface area contributed by atoms with Crippen molar-refractivity contribution < 1.29 is 8.78 Å². The Labute approximate surface area is 121 Å². The minimum atomic E-state index is -0.577. The summed E-state index contributed by atoms with van der Waals surface area (Å²) >= 11 is 0. The Morgan fingerprint density at radius 3 is 2.52 bits per heavy atom. The molecule has 2 nitrogen and oxygen atoms in total. The third kappa shape index (κ3) is 2.62. The van der Waals surface area contributed by atoms with Gasteiger partial charge in [0, 0.05) is 23.8 Å². The molecule has 0 saturated carbocycles. The van der Waals surface area contributed by atoms with Crippen LogP contribution >= 0.6 is 0 Å². The van der Waals surface area contributed by atoms with Crippen molar-refractivity contribution in [3.8, 4) is 0 Å². The second-order valence-electron chi connectivity index (χ2n) is 4.87. The third-order valence-electron chi connectivity index (χ3n) is 3.53. The molecule has 0 saturated heterocycles. The van der Waals surface area contributed by atoms with Crippen LogP contribution in [0.5, 0.6) is 0 Å². The van der Waals surface area contributed by atoms with Crippen LogP contribution in [-0.4, -0.2) is 12.0 Å². The van der Waals surface area contributed by atoms with Gasteiger partial charge in [-0.05, 0) is 41.8 Å². The maximum atomic E-state index is 13.5. The van der Waals surface area contributed by atoms with Gasteiger partial charge in [0.25, 0.3) is 0 Å². The van der Waals surface area contributed by atoms with Gasteiger partial charge in [0.1, 0.15) is 11.6 Å². The SMILES string of the molecule is CNC(c1cc(F)cc(F)c1)c1cccc2cnccc12. The molecule has 0 fully saturated rings. The third-order valence-corrected chi connectivity index (χ3v) is 3.53. The number of benzene rings is 2. The molecule has 0 aliphatic carbocycles. The van der Waals surface area contributed by atoms with Crippen LogP contribution in [0.15, 0.2) is 54.9 Å². The van der Waals surface area contributed by atoms with Gasteiger partial charge in [-0.2, -0.15) is 0 Å². The van der Waals surface area contributed by atoms with E-state index in [9.17, 15) is 8.78 Å². The lowest BCUT2D eigenvalue weighted by molar-refractivity contribution is 0.572. The lowest BCUT2D eigenvalue weighted by Crippen LogP contribution is -2.18. The summed E-state index contributed by atoms with van der Waals surface area (Å²) in [5.74, 6) is -1.15. The number of pyridine rings is 1. The Kier molecular flexibility index (Phi) is 3.62. The number of nitrogens with one attached hydrogen (secondary N) is 1. The van der Waals surface area contributed by atoms with E-state index in [0.29, 0.717) is 5.56 Å². The molecule has 0 aliphatic rings. The van der Waals surface area contributed by atoms with Crippen molar-refractivity contribution in [2.24, 2.45) is 0 Å². The summed E-state index contributed by atoms with van der Waals surface area (Å²) in [4.78, 5) is 4.10. The molecule has 1 atom stereocenters. The molecule has 0 amide bonds. The van der Waals surface area contributed by atoms with Crippen LogP contribution in [0.3, 0.4) is 0 Å². The molecule has 0 spiro atoms. The second kappa shape index (κ2) is 5.58. The fourth-order valence-electron chi connectivity index (χ4n) is 2.64. The van der Waals surface area contributed by atoms with E-state index >= 15 is 0 Å². The minimum Gasteiger partial charge on any atom is -0.309 e. The fourth-order valence-corrected chi connectivity index (χ4v) is 2.64. The van der Waals surface area contributed by atoms with Gasteiger partial charge in [-0.3, -0.25) is 4.98 Å². The van der Waals surface area contributed by atoms with Crippen LogP contribution < -0.4 is 5.32 Å². The Morgan fingerprint density at radius 1 is 1.05 bits per heavy atom. The van der Waals surface area contributed by atoms with Crippen LogP contribution in [0, 0.1) is 11.6 Å². The molecule has 0 aliphatic heterocycles. The average molecular weight is 284 g/mol. The van der Waals surface area contributed by atoms with E-state index in [1.165, 1.54) is 12.1 Å². The first-order chi connectivity index (χ1) is 10.2. The van der Waals surface area contributed by atoms with E-state index in [1.807, 2.05) is 24.3 Å². The quantitative estimate of drug-likeness (QED) is 0.791. The molecule has 3 rings (SSSR count). The Balaban J connectivity index is 2.18. The van der Waals surface area contributed by atoms with Crippen LogP contribution in [0.2, 0.25) is 0 Å². The normalized spacial score (nSPS) is 12.5. The van der Waals surface area contributed by atoms with Crippen LogP contribution in [-0.2, 0) is 0 Å². The Morgan fingerprint density at radius 2 is 1.81 bits per heavy atom. The molecule has 3 aromatic rings. The van der Waals surface area contributed by atoms with Crippen LogP contribution in [0.4, 0.5) is 8.78 Å². The summed E-state index contributed by atoms with van der Waals surface area (Å²) in [5, 5.41) is 5.13. The molecular formula is C17H14F2N2. The highest BCUT2D eigenvalue weighted by atomic mass is 19.1. The first-order valence-electron chi connectivity index (χ1n) is 6.65. The molecule has 21 heavy (non-hydrogen) atoms. The van der Waals surface area contributed by atoms with Gasteiger partial charge in [-0.15, -0.1) is 0 Å². The van der Waals surface area contributed by atoms with Gasteiger partial charge < -0.3 is 5.32 Å². The number of aromatic nitrogens is 1. The van der Waals surface area contributed by atoms with Crippen molar-refractivity contribution >= 4 is 10.8 Å². The van der Waals surface area contributed by atoms with Crippen molar-refractivity contribution in [1.29, 1.82) is 0 Å². The van der Waals surface area contributed by atoms with Crippen molar-refractivity contribution in [3.05, 3.63) is 77.6 Å². The molecule has 0 bridgehead atoms. The predicted molar refractivity (Wildman–Crippen MR) is 79.0 cm³/mol. The number of fused-ring (bicyclic) bond motifs is 1. The zero-order chi connectivity index (χ0) is 14.8. The van der Waals surface area contributed by atoms with Gasteiger partial charge in [-0.25, -0.2) is 8.78 Å². The molecule has 0 radical (unpaired) electrons. The lowest BCUT2D eigenvalue weighted by atomic mass is 9.94. The van der Waals surface area contributed by atoms with Crippen LogP contribution in [0.1, 0.15) is 17.2 Å². The first kappa shape index (κ1) is 13.6. The van der Waals surface area contributed by atoms with E-state index in [1.54, 1.807) is 19.4 Å². The molecule has 2 aromatic carbocycles. The van der Waals surface area contributed by atoms with E-state index in [2.05, 4.69) is 10.3 Å². The highest BCUT2D eigenvalue weighted by Crippen LogP contribution is 2.29. The van der Waals surface area contributed by atoms with E-state index < -0.39 is 11.6 Å². The summed E-state index contributed by atoms with van der Waals surface area (Å²) in [6.07, 6.45) is 3.49. The first-order valence-corrected chi connectivity index (χ1v) is 6.65. The van der Waals surface area contributed by atoms with Gasteiger partial charge in [-0.1, -0.05) is 18.2 Å². The molecule has 1 N–H and O–H groups in total. The molecule has 106 valence electrons. The fraction of sp³-hybridized carbons (Fsp3) is 0.118. The number of hydrogen-bond donors (Lipinski definition) is 1. The molecule has 1 heterocycles. The van der Waals surface area contributed by atoms with Crippen LogP contribution in [0.25, 0.3) is 10.8 Å². The van der Waals surface area contributed by atoms with E-state index in [-0.39, 0.29) is 6.04 Å². The molecule has 1 unspecified atom stereocenters. The zero-order valence-corrected chi connectivity index (χ0v) is 11.5. The average Bonchev–Trinajstić information content (AvgIpc) is 2.47. The summed E-state index contributed by atoms with van der Waals surface area (Å²) < 4.78 is 27.0. The second-order valence-corrected chi connectivity index (χ2v) is 4.87. The highest BCUT2D eigenvalue weighted by molar-refractivity contribution is 5.85. The lowest BCUT2D eigenvalue weighted by Gasteiger charge is -2.19. The zero-order valence-electron chi connectivity index (χ0n) is 11.5. The molecule has 4 heteroatoms. The number of hydrogen-bond acceptors (Lipinski definition) is 2. The minimum absolute atomic E-state index is 0.290. The number of nitrogens with zero attached hydrogens (tertiary/aromatic N) is 1. The summed E-state index contributed by atoms with van der Waals surface area (Å²) in [5.41, 5.74) is 1.52. The largest absolute Gasteiger partial charge is 0.309 e. The summed E-state index contributed by atoms with van der Waals surface area (Å²) in [6.45, 7) is 0. The summed E-state index contributed by atoms with van der Waals surface area (Å²) in [6, 6.07) is 11.0. The van der Waals surface area contributed by atoms with Crippen molar-refractivity contribution in [1.82, 2.24) is 10.3 Å². The highest BCUT2D eigenvalue weighted by Gasteiger charge is 2.16. The number of rotatable bonds is 3. The Bertz CT molecular complexity index is 761. The van der Waals surface area contributed by atoms with E-state index in [4.69, 9.17) is 0 Å². The van der Waals surface area contributed by atoms with Gasteiger partial charge in [0.15, 0.2) is 0 Å². The van der Waals surface area contributed by atoms with Gasteiger partial charge in [0.2, 0.25) is 0 Å². The predicted octanol–water partition coefficient (Wildman–Crippen LogP) is 3.82. The van der Waals surface area contributed by atoms with E-state index in [0.717, 1.165) is 22.4 Å². The smallest absolute Gasteiger partial charge is 0.126 e. The van der Waals surface area contributed by atoms with Crippen molar-refractivity contribution in [2.45, 2.75) is 6.04 Å². The van der Waals surface area contributed by atoms with Crippen molar-refractivity contribution in [3.63, 3.8) is 0 Å². The molecular weight excluding hydrogens is 270 g/mol. The maximum Gasteiger partial charge on any atom is 0.126 e. The molecule has 1 aromatic heterocycles. The Hall–Kier alpha value is -2.33. The van der Waals surface area contributed by atoms with Crippen molar-refractivity contribution in [2.75, 3.05) is 7.05 Å². The maximum absolute atomic E-state index is 13.5.